The van der Waals surface area contributed by atoms with Gasteiger partial charge < -0.3 is 0 Å². The number of carbonyl (C=O) groups excluding carboxylic acids is 2. The van der Waals surface area contributed by atoms with Crippen molar-refractivity contribution in [3.63, 3.8) is 0 Å². The smallest absolute Gasteiger partial charge is 0.262 e. The molecule has 5 nitrogen and oxygen atoms in total. The van der Waals surface area contributed by atoms with Gasteiger partial charge in [-0.3, -0.25) is 14.3 Å². The number of carbonyl (C=O) groups is 2. The largest absolute Gasteiger partial charge is 0.287 e. The van der Waals surface area contributed by atoms with E-state index in [0.29, 0.717) is 0 Å². The van der Waals surface area contributed by atoms with Crippen LogP contribution in [-0.2, 0) is 10.0 Å². The maximum absolute atomic E-state index is 12.5. The molecule has 0 saturated heterocycles. The average molecular weight is 362 g/mol. The quantitative estimate of drug-likeness (QED) is 0.911. The number of sulfonamides is 1. The lowest BCUT2D eigenvalue weighted by Gasteiger charge is -2.18. The first kappa shape index (κ1) is 16.4. The van der Waals surface area contributed by atoms with Crippen LogP contribution in [0, 0.1) is 6.92 Å². The number of ketones is 2. The van der Waals surface area contributed by atoms with E-state index < -0.39 is 32.3 Å². The molecule has 0 aromatic heterocycles. The number of fused-ring (bicyclic) bond motifs is 1. The minimum absolute atomic E-state index is 0.0239. The van der Waals surface area contributed by atoms with Crippen molar-refractivity contribution in [1.29, 1.82) is 0 Å². The molecule has 0 aliphatic heterocycles. The molecule has 2 aromatic rings. The Labute approximate surface area is 144 Å². The summed E-state index contributed by atoms with van der Waals surface area (Å²) >= 11 is 5.96. The molecular formula is C17H12ClNO4S. The maximum atomic E-state index is 12.5. The topological polar surface area (TPSA) is 80.3 Å². The van der Waals surface area contributed by atoms with Crippen LogP contribution in [0.4, 0.5) is 0 Å². The molecule has 0 atom stereocenters. The first-order chi connectivity index (χ1) is 11.3. The maximum Gasteiger partial charge on any atom is 0.262 e. The van der Waals surface area contributed by atoms with Gasteiger partial charge in [0.15, 0.2) is 0 Å². The first-order valence-corrected chi connectivity index (χ1v) is 8.85. The number of hydrogen-bond acceptors (Lipinski definition) is 4. The van der Waals surface area contributed by atoms with Crippen LogP contribution >= 0.6 is 11.6 Å². The standard InChI is InChI=1S/C17H12ClNO4S/c1-10-6-8-11(9-7-10)24(22,23)19-15-14(18)16(20)12-4-2-3-5-13(12)17(15)21/h2-9,19H,1H3. The summed E-state index contributed by atoms with van der Waals surface area (Å²) in [6.07, 6.45) is 0. The Bertz CT molecular complexity index is 992. The lowest BCUT2D eigenvalue weighted by Crippen LogP contribution is -2.33. The van der Waals surface area contributed by atoms with Gasteiger partial charge in [-0.15, -0.1) is 0 Å². The summed E-state index contributed by atoms with van der Waals surface area (Å²) in [4.78, 5) is 24.8. The van der Waals surface area contributed by atoms with E-state index in [9.17, 15) is 18.0 Å². The van der Waals surface area contributed by atoms with Gasteiger partial charge in [-0.25, -0.2) is 8.42 Å². The summed E-state index contributed by atoms with van der Waals surface area (Å²) in [6, 6.07) is 12.2. The molecule has 24 heavy (non-hydrogen) atoms. The van der Waals surface area contributed by atoms with Crippen molar-refractivity contribution in [3.8, 4) is 0 Å². The third kappa shape index (κ3) is 2.74. The SMILES string of the molecule is Cc1ccc(S(=O)(=O)NC2=C(Cl)C(=O)c3ccccc3C2=O)cc1. The second-order valence-electron chi connectivity index (χ2n) is 5.31. The van der Waals surface area contributed by atoms with Crippen LogP contribution in [0.5, 0.6) is 0 Å². The van der Waals surface area contributed by atoms with E-state index in [1.807, 2.05) is 6.92 Å². The fourth-order valence-electron chi connectivity index (χ4n) is 2.35. The van der Waals surface area contributed by atoms with Gasteiger partial charge in [-0.1, -0.05) is 53.6 Å². The molecule has 0 saturated carbocycles. The lowest BCUT2D eigenvalue weighted by atomic mass is 9.93. The molecule has 1 aliphatic carbocycles. The molecule has 0 unspecified atom stereocenters. The van der Waals surface area contributed by atoms with Gasteiger partial charge in [0.25, 0.3) is 10.0 Å². The summed E-state index contributed by atoms with van der Waals surface area (Å²) in [5.74, 6) is -1.22. The Morgan fingerprint density at radius 2 is 1.42 bits per heavy atom. The molecule has 122 valence electrons. The van der Waals surface area contributed by atoms with E-state index >= 15 is 0 Å². The van der Waals surface area contributed by atoms with Crippen LogP contribution in [0.15, 0.2) is 64.2 Å². The Kier molecular flexibility index (Phi) is 4.03. The van der Waals surface area contributed by atoms with Crippen molar-refractivity contribution in [3.05, 3.63) is 76.0 Å². The zero-order valence-corrected chi connectivity index (χ0v) is 14.1. The molecule has 0 radical (unpaired) electrons. The fraction of sp³-hybridized carbons (Fsp3) is 0.0588. The number of allylic oxidation sites excluding steroid dienone is 2. The van der Waals surface area contributed by atoms with E-state index in [1.54, 1.807) is 24.3 Å². The number of benzene rings is 2. The van der Waals surface area contributed by atoms with Crippen molar-refractivity contribution in [1.82, 2.24) is 4.72 Å². The van der Waals surface area contributed by atoms with Gasteiger partial charge in [0.2, 0.25) is 11.6 Å². The van der Waals surface area contributed by atoms with E-state index in [1.165, 1.54) is 24.3 Å². The van der Waals surface area contributed by atoms with E-state index in [2.05, 4.69) is 4.72 Å². The van der Waals surface area contributed by atoms with Crippen LogP contribution in [0.1, 0.15) is 26.3 Å². The molecule has 0 spiro atoms. The Morgan fingerprint density at radius 3 is 2.00 bits per heavy atom. The van der Waals surface area contributed by atoms with Gasteiger partial charge in [0.1, 0.15) is 10.7 Å². The minimum Gasteiger partial charge on any atom is -0.287 e. The molecule has 0 amide bonds. The van der Waals surface area contributed by atoms with Crippen LogP contribution in [0.3, 0.4) is 0 Å². The molecule has 0 bridgehead atoms. The highest BCUT2D eigenvalue weighted by atomic mass is 35.5. The average Bonchev–Trinajstić information content (AvgIpc) is 2.57. The number of rotatable bonds is 3. The molecule has 2 aromatic carbocycles. The van der Waals surface area contributed by atoms with Gasteiger partial charge >= 0.3 is 0 Å². The molecule has 1 N–H and O–H groups in total. The van der Waals surface area contributed by atoms with Crippen LogP contribution in [-0.4, -0.2) is 20.0 Å². The third-order valence-corrected chi connectivity index (χ3v) is 5.36. The van der Waals surface area contributed by atoms with E-state index in [-0.39, 0.29) is 16.0 Å². The predicted octanol–water partition coefficient (Wildman–Crippen LogP) is 2.80. The van der Waals surface area contributed by atoms with Crippen molar-refractivity contribution in [2.24, 2.45) is 0 Å². The number of nitrogens with one attached hydrogen (secondary N) is 1. The Hall–Kier alpha value is -2.44. The van der Waals surface area contributed by atoms with E-state index in [4.69, 9.17) is 11.6 Å². The van der Waals surface area contributed by atoms with Crippen molar-refractivity contribution in [2.45, 2.75) is 11.8 Å². The normalized spacial score (nSPS) is 14.6. The molecule has 0 heterocycles. The summed E-state index contributed by atoms with van der Waals surface area (Å²) in [5.41, 5.74) is 0.740. The minimum atomic E-state index is -4.03. The summed E-state index contributed by atoms with van der Waals surface area (Å²) in [7, 11) is -4.03. The summed E-state index contributed by atoms with van der Waals surface area (Å²) in [5, 5.41) is -0.436. The molecule has 0 fully saturated rings. The second-order valence-corrected chi connectivity index (χ2v) is 7.37. The number of Topliss-reactive ketones (excluding diaryl/α,β-unsaturated/α-hetero) is 2. The molecular weight excluding hydrogens is 350 g/mol. The molecule has 7 heteroatoms. The van der Waals surface area contributed by atoms with Gasteiger partial charge in [-0.2, -0.15) is 0 Å². The first-order valence-electron chi connectivity index (χ1n) is 6.99. The zero-order chi connectivity index (χ0) is 17.5. The molecule has 1 aliphatic rings. The monoisotopic (exact) mass is 361 g/mol. The van der Waals surface area contributed by atoms with Crippen molar-refractivity contribution in [2.75, 3.05) is 0 Å². The number of halogens is 1. The predicted molar refractivity (Wildman–Crippen MR) is 89.5 cm³/mol. The third-order valence-electron chi connectivity index (χ3n) is 3.63. The van der Waals surface area contributed by atoms with Crippen LogP contribution in [0.25, 0.3) is 0 Å². The van der Waals surface area contributed by atoms with Crippen LogP contribution in [0.2, 0.25) is 0 Å². The van der Waals surface area contributed by atoms with E-state index in [0.717, 1.165) is 5.56 Å². The Morgan fingerprint density at radius 1 is 0.875 bits per heavy atom. The van der Waals surface area contributed by atoms with Crippen molar-refractivity contribution < 1.29 is 18.0 Å². The zero-order valence-electron chi connectivity index (χ0n) is 12.5. The number of aryl methyl sites for hydroxylation is 1. The Balaban J connectivity index is 2.03. The van der Waals surface area contributed by atoms with Gasteiger partial charge in [0, 0.05) is 11.1 Å². The second kappa shape index (κ2) is 5.89. The lowest BCUT2D eigenvalue weighted by molar-refractivity contribution is 0.0977. The number of hydrogen-bond donors (Lipinski definition) is 1. The summed E-state index contributed by atoms with van der Waals surface area (Å²) in [6.45, 7) is 1.82. The highest BCUT2D eigenvalue weighted by molar-refractivity contribution is 7.89. The fourth-order valence-corrected chi connectivity index (χ4v) is 3.71. The van der Waals surface area contributed by atoms with Gasteiger partial charge in [-0.05, 0) is 19.1 Å². The van der Waals surface area contributed by atoms with Crippen LogP contribution < -0.4 is 4.72 Å². The highest BCUT2D eigenvalue weighted by Gasteiger charge is 2.33. The van der Waals surface area contributed by atoms with Gasteiger partial charge in [0.05, 0.1) is 4.90 Å². The van der Waals surface area contributed by atoms with Crippen molar-refractivity contribution >= 4 is 33.2 Å². The highest BCUT2D eigenvalue weighted by Crippen LogP contribution is 2.28. The summed E-state index contributed by atoms with van der Waals surface area (Å²) < 4.78 is 27.1. The molecule has 3 rings (SSSR count).